The second-order valence-corrected chi connectivity index (χ2v) is 14.0. The van der Waals surface area contributed by atoms with E-state index in [-0.39, 0.29) is 43.0 Å². The molecule has 3 aliphatic heterocycles. The van der Waals surface area contributed by atoms with E-state index in [9.17, 15) is 19.5 Å². The maximum atomic E-state index is 14.3. The molecule has 4 aliphatic rings. The molecule has 0 unspecified atom stereocenters. The highest BCUT2D eigenvalue weighted by Gasteiger charge is 2.44. The van der Waals surface area contributed by atoms with Gasteiger partial charge in [0, 0.05) is 24.0 Å². The number of carbonyl (C=O) groups excluding carboxylic acids is 2. The van der Waals surface area contributed by atoms with Crippen LogP contribution in [0.25, 0.3) is 0 Å². The molecule has 2 aromatic rings. The molecule has 1 aromatic heterocycles. The number of aliphatic imine (C=N–C) groups is 1. The number of amides is 3. The average molecular weight is 651 g/mol. The average Bonchev–Trinajstić information content (AvgIpc) is 3.76. The molecule has 46 heavy (non-hydrogen) atoms. The van der Waals surface area contributed by atoms with Crippen molar-refractivity contribution in [1.29, 1.82) is 0 Å². The maximum absolute atomic E-state index is 14.3. The molecule has 3 fully saturated rings. The minimum atomic E-state index is -1.22. The van der Waals surface area contributed by atoms with Crippen molar-refractivity contribution in [3.63, 3.8) is 0 Å². The van der Waals surface area contributed by atoms with Gasteiger partial charge >= 0.3 is 6.09 Å². The summed E-state index contributed by atoms with van der Waals surface area (Å²) in [7, 11) is 0. The first-order chi connectivity index (χ1) is 22.4. The van der Waals surface area contributed by atoms with E-state index >= 15 is 0 Å². The quantitative estimate of drug-likeness (QED) is 0.393. The highest BCUT2D eigenvalue weighted by atomic mass is 32.1. The number of likely N-dealkylation sites (tertiary alicyclic amines) is 1. The number of piperidine rings is 1. The van der Waals surface area contributed by atoms with Gasteiger partial charge in [0.2, 0.25) is 11.8 Å². The van der Waals surface area contributed by atoms with Gasteiger partial charge in [0.1, 0.15) is 18.2 Å². The van der Waals surface area contributed by atoms with Crippen LogP contribution in [0.1, 0.15) is 68.4 Å². The van der Waals surface area contributed by atoms with Crippen LogP contribution in [0.3, 0.4) is 0 Å². The molecule has 6 rings (SSSR count). The molecule has 2 saturated heterocycles. The molecule has 1 saturated carbocycles. The van der Waals surface area contributed by atoms with Crippen LogP contribution in [0.4, 0.5) is 4.79 Å². The van der Waals surface area contributed by atoms with Crippen molar-refractivity contribution >= 4 is 35.3 Å². The third-order valence-electron chi connectivity index (χ3n) is 10.0. The molecule has 11 nitrogen and oxygen atoms in total. The molecular weight excluding hydrogens is 604 g/mol. The SMILES string of the molecule is C[C@@H]1N=C(N2CCN(C(=O)[C@H](NC(=O)O)C3CCC(N4CCCCC4)CC3)[C@H](C(=O)NCc3cccs3)C2)O[C@H]1c1ccccc1. The van der Waals surface area contributed by atoms with Crippen molar-refractivity contribution in [2.24, 2.45) is 10.9 Å². The van der Waals surface area contributed by atoms with Crippen LogP contribution in [0.15, 0.2) is 52.8 Å². The first kappa shape index (κ1) is 32.3. The fourth-order valence-electron chi connectivity index (χ4n) is 7.56. The number of hydrogen-bond acceptors (Lipinski definition) is 8. The zero-order chi connectivity index (χ0) is 32.0. The number of carboxylic acid groups (broad SMARTS) is 1. The Hall–Kier alpha value is -3.64. The van der Waals surface area contributed by atoms with Crippen LogP contribution >= 0.6 is 11.3 Å². The van der Waals surface area contributed by atoms with Crippen LogP contribution in [-0.2, 0) is 20.9 Å². The molecular formula is C34H46N6O5S. The van der Waals surface area contributed by atoms with Crippen LogP contribution in [0, 0.1) is 5.92 Å². The second-order valence-electron chi connectivity index (χ2n) is 13.0. The minimum absolute atomic E-state index is 0.104. The molecule has 3 amide bonds. The molecule has 1 aliphatic carbocycles. The summed E-state index contributed by atoms with van der Waals surface area (Å²) in [6.07, 6.45) is 5.74. The fourth-order valence-corrected chi connectivity index (χ4v) is 8.20. The van der Waals surface area contributed by atoms with Crippen LogP contribution in [-0.4, -0.2) is 101 Å². The standard InChI is InChI=1S/C34H46N6O5S/c1-23-30(25-9-4-2-5-10-25)45-33(36-23)39-18-19-40(28(22-39)31(41)35-21-27-11-8-20-46-27)32(42)29(37-34(43)44)24-12-14-26(15-13-24)38-16-6-3-7-17-38/h2,4-5,8-11,20,23-24,26,28-30,37H,3,6-7,12-19,21-22H2,1H3,(H,35,41)(H,43,44)/t23-,24?,26?,28-,29+,30+/m0/s1. The topological polar surface area (TPSA) is 127 Å². The summed E-state index contributed by atoms with van der Waals surface area (Å²) >= 11 is 1.56. The molecule has 0 radical (unpaired) electrons. The highest BCUT2D eigenvalue weighted by Crippen LogP contribution is 2.33. The Morgan fingerprint density at radius 2 is 1.76 bits per heavy atom. The molecule has 4 heterocycles. The lowest BCUT2D eigenvalue weighted by atomic mass is 9.80. The largest absolute Gasteiger partial charge is 0.465 e. The summed E-state index contributed by atoms with van der Waals surface area (Å²) in [5, 5.41) is 17.4. The predicted molar refractivity (Wildman–Crippen MR) is 177 cm³/mol. The van der Waals surface area contributed by atoms with Crippen molar-refractivity contribution in [2.45, 2.75) is 88.7 Å². The zero-order valence-corrected chi connectivity index (χ0v) is 27.4. The van der Waals surface area contributed by atoms with E-state index in [1.165, 1.54) is 19.3 Å². The Bertz CT molecular complexity index is 1360. The van der Waals surface area contributed by atoms with Gasteiger partial charge in [0.25, 0.3) is 6.02 Å². The van der Waals surface area contributed by atoms with E-state index < -0.39 is 18.2 Å². The molecule has 248 valence electrons. The highest BCUT2D eigenvalue weighted by molar-refractivity contribution is 7.09. The molecule has 0 spiro atoms. The lowest BCUT2D eigenvalue weighted by Gasteiger charge is -2.44. The summed E-state index contributed by atoms with van der Waals surface area (Å²) in [6, 6.07) is 13.0. The summed E-state index contributed by atoms with van der Waals surface area (Å²) in [5.41, 5.74) is 1.03. The van der Waals surface area contributed by atoms with Gasteiger partial charge < -0.3 is 35.2 Å². The molecule has 1 aromatic carbocycles. The monoisotopic (exact) mass is 650 g/mol. The van der Waals surface area contributed by atoms with E-state index in [1.54, 1.807) is 16.2 Å². The molecule has 12 heteroatoms. The van der Waals surface area contributed by atoms with E-state index in [0.29, 0.717) is 25.2 Å². The predicted octanol–water partition coefficient (Wildman–Crippen LogP) is 4.07. The summed E-state index contributed by atoms with van der Waals surface area (Å²) in [6.45, 7) is 5.50. The normalized spacial score (nSPS) is 27.8. The van der Waals surface area contributed by atoms with Crippen LogP contribution < -0.4 is 10.6 Å². The number of nitrogens with one attached hydrogen (secondary N) is 2. The van der Waals surface area contributed by atoms with E-state index in [4.69, 9.17) is 9.73 Å². The lowest BCUT2D eigenvalue weighted by Crippen LogP contribution is -2.65. The van der Waals surface area contributed by atoms with Gasteiger partial charge in [0.15, 0.2) is 0 Å². The van der Waals surface area contributed by atoms with Crippen LogP contribution in [0.5, 0.6) is 0 Å². The number of thiophene rings is 1. The number of carbonyl (C=O) groups is 3. The van der Waals surface area contributed by atoms with E-state index in [0.717, 1.165) is 49.2 Å². The van der Waals surface area contributed by atoms with Gasteiger partial charge in [-0.25, -0.2) is 9.79 Å². The Kier molecular flexibility index (Phi) is 10.4. The minimum Gasteiger partial charge on any atom is -0.465 e. The number of piperazine rings is 1. The van der Waals surface area contributed by atoms with Crippen molar-refractivity contribution in [3.8, 4) is 0 Å². The first-order valence-corrected chi connectivity index (χ1v) is 17.6. The Morgan fingerprint density at radius 3 is 2.46 bits per heavy atom. The molecule has 0 bridgehead atoms. The Labute approximate surface area is 275 Å². The lowest BCUT2D eigenvalue weighted by molar-refractivity contribution is -0.146. The van der Waals surface area contributed by atoms with E-state index in [2.05, 4.69) is 15.5 Å². The van der Waals surface area contributed by atoms with Gasteiger partial charge in [-0.05, 0) is 81.5 Å². The van der Waals surface area contributed by atoms with Crippen molar-refractivity contribution in [2.75, 3.05) is 32.7 Å². The van der Waals surface area contributed by atoms with Crippen molar-refractivity contribution in [1.82, 2.24) is 25.3 Å². The summed E-state index contributed by atoms with van der Waals surface area (Å²) in [5.74, 6) is -0.724. The fraction of sp³-hybridized carbons (Fsp3) is 0.588. The number of amidine groups is 1. The third-order valence-corrected chi connectivity index (χ3v) is 10.9. The Balaban J connectivity index is 1.17. The number of benzene rings is 1. The maximum Gasteiger partial charge on any atom is 0.405 e. The number of nitrogens with zero attached hydrogens (tertiary/aromatic N) is 4. The summed E-state index contributed by atoms with van der Waals surface area (Å²) < 4.78 is 6.35. The first-order valence-electron chi connectivity index (χ1n) is 16.8. The van der Waals surface area contributed by atoms with Gasteiger partial charge in [-0.3, -0.25) is 9.59 Å². The third kappa shape index (κ3) is 7.49. The number of rotatable bonds is 8. The molecule has 4 atom stereocenters. The number of ether oxygens (including phenoxy) is 1. The second kappa shape index (κ2) is 14.8. The zero-order valence-electron chi connectivity index (χ0n) is 26.6. The van der Waals surface area contributed by atoms with Gasteiger partial charge in [-0.15, -0.1) is 11.3 Å². The molecule has 3 N–H and O–H groups in total. The van der Waals surface area contributed by atoms with Crippen molar-refractivity contribution in [3.05, 3.63) is 58.3 Å². The van der Waals surface area contributed by atoms with Gasteiger partial charge in [-0.2, -0.15) is 0 Å². The van der Waals surface area contributed by atoms with E-state index in [1.807, 2.05) is 59.7 Å². The Morgan fingerprint density at radius 1 is 1.00 bits per heavy atom. The van der Waals surface area contributed by atoms with Crippen LogP contribution in [0.2, 0.25) is 0 Å². The number of hydrogen-bond donors (Lipinski definition) is 3. The van der Waals surface area contributed by atoms with Gasteiger partial charge in [0.05, 0.1) is 19.1 Å². The van der Waals surface area contributed by atoms with Crippen molar-refractivity contribution < 1.29 is 24.2 Å². The van der Waals surface area contributed by atoms with Gasteiger partial charge in [-0.1, -0.05) is 42.8 Å². The smallest absolute Gasteiger partial charge is 0.405 e. The summed E-state index contributed by atoms with van der Waals surface area (Å²) in [4.78, 5) is 52.0.